The van der Waals surface area contributed by atoms with Crippen LogP contribution in [0.4, 0.5) is 0 Å². The van der Waals surface area contributed by atoms with Gasteiger partial charge in [0, 0.05) is 45.2 Å². The molecule has 1 aliphatic heterocycles. The molecule has 1 atom stereocenters. The van der Waals surface area contributed by atoms with Gasteiger partial charge in [0.25, 0.3) is 0 Å². The fraction of sp³-hybridized carbons (Fsp3) is 0.760. The molecular weight excluding hydrogens is 360 g/mol. The number of aliphatic hydroxyl groups is 1. The van der Waals surface area contributed by atoms with Gasteiger partial charge in [-0.05, 0) is 49.3 Å². The van der Waals surface area contributed by atoms with Gasteiger partial charge in [-0.1, -0.05) is 50.7 Å². The van der Waals surface area contributed by atoms with Gasteiger partial charge < -0.3 is 20.0 Å². The predicted molar refractivity (Wildman–Crippen MR) is 118 cm³/mol. The SMILES string of the molecule is Oc1cccc(C(CN2CCN(CC3CCCCC3)CC2)C2(O)CCCCC2)c1. The molecule has 4 nitrogen and oxygen atoms in total. The van der Waals surface area contributed by atoms with Crippen LogP contribution in [0, 0.1) is 5.92 Å². The van der Waals surface area contributed by atoms with E-state index in [-0.39, 0.29) is 5.92 Å². The zero-order chi connectivity index (χ0) is 20.1. The zero-order valence-electron chi connectivity index (χ0n) is 18.1. The molecule has 3 fully saturated rings. The van der Waals surface area contributed by atoms with Gasteiger partial charge in [-0.2, -0.15) is 0 Å². The van der Waals surface area contributed by atoms with Crippen molar-refractivity contribution in [1.29, 1.82) is 0 Å². The minimum atomic E-state index is -0.634. The highest BCUT2D eigenvalue weighted by Crippen LogP contribution is 2.41. The minimum Gasteiger partial charge on any atom is -0.508 e. The normalized spacial score (nSPS) is 25.7. The number of hydrogen-bond acceptors (Lipinski definition) is 4. The van der Waals surface area contributed by atoms with Crippen molar-refractivity contribution < 1.29 is 10.2 Å². The van der Waals surface area contributed by atoms with E-state index in [9.17, 15) is 10.2 Å². The molecule has 0 aromatic heterocycles. The monoisotopic (exact) mass is 400 g/mol. The second-order valence-electron chi connectivity index (χ2n) is 9.92. The lowest BCUT2D eigenvalue weighted by Crippen LogP contribution is -2.51. The molecule has 2 saturated carbocycles. The molecule has 162 valence electrons. The third kappa shape index (κ3) is 5.53. The van der Waals surface area contributed by atoms with Crippen LogP contribution < -0.4 is 0 Å². The highest BCUT2D eigenvalue weighted by atomic mass is 16.3. The summed E-state index contributed by atoms with van der Waals surface area (Å²) >= 11 is 0. The van der Waals surface area contributed by atoms with Gasteiger partial charge in [-0.3, -0.25) is 0 Å². The standard InChI is InChI=1S/C25H40N2O2/c28-23-11-7-10-22(18-23)24(25(29)12-5-2-6-13-25)20-27-16-14-26(15-17-27)19-21-8-3-1-4-9-21/h7,10-11,18,21,24,28-29H,1-6,8-9,12-17,19-20H2. The summed E-state index contributed by atoms with van der Waals surface area (Å²) in [4.78, 5) is 5.23. The van der Waals surface area contributed by atoms with E-state index in [0.29, 0.717) is 5.75 Å². The molecule has 0 bridgehead atoms. The van der Waals surface area contributed by atoms with E-state index in [4.69, 9.17) is 0 Å². The molecule has 1 aromatic carbocycles. The van der Waals surface area contributed by atoms with Crippen molar-refractivity contribution in [3.63, 3.8) is 0 Å². The molecule has 1 saturated heterocycles. The van der Waals surface area contributed by atoms with Crippen LogP contribution >= 0.6 is 0 Å². The van der Waals surface area contributed by atoms with Gasteiger partial charge in [0.2, 0.25) is 0 Å². The Morgan fingerprint density at radius 3 is 2.24 bits per heavy atom. The summed E-state index contributed by atoms with van der Waals surface area (Å²) < 4.78 is 0. The molecule has 4 heteroatoms. The summed E-state index contributed by atoms with van der Waals surface area (Å²) in [6.07, 6.45) is 12.4. The van der Waals surface area contributed by atoms with Gasteiger partial charge in [0.05, 0.1) is 5.60 Å². The molecule has 3 aliphatic rings. The number of phenolic OH excluding ortho intramolecular Hbond substituents is 1. The minimum absolute atomic E-state index is 0.0831. The maximum atomic E-state index is 11.6. The van der Waals surface area contributed by atoms with Gasteiger partial charge in [-0.15, -0.1) is 0 Å². The number of piperazine rings is 1. The Labute approximate surface area is 176 Å². The van der Waals surface area contributed by atoms with Crippen LogP contribution in [0.2, 0.25) is 0 Å². The first-order valence-corrected chi connectivity index (χ1v) is 12.1. The van der Waals surface area contributed by atoms with Gasteiger partial charge in [-0.25, -0.2) is 0 Å². The van der Waals surface area contributed by atoms with E-state index in [0.717, 1.165) is 69.9 Å². The third-order valence-electron chi connectivity index (χ3n) is 7.79. The number of benzene rings is 1. The van der Waals surface area contributed by atoms with Crippen molar-refractivity contribution in [3.05, 3.63) is 29.8 Å². The third-order valence-corrected chi connectivity index (χ3v) is 7.79. The fourth-order valence-electron chi connectivity index (χ4n) is 5.99. The lowest BCUT2D eigenvalue weighted by atomic mass is 9.72. The van der Waals surface area contributed by atoms with E-state index in [2.05, 4.69) is 15.9 Å². The van der Waals surface area contributed by atoms with Crippen molar-refractivity contribution in [2.45, 2.75) is 75.7 Å². The first-order chi connectivity index (χ1) is 14.1. The lowest BCUT2D eigenvalue weighted by Gasteiger charge is -2.44. The maximum Gasteiger partial charge on any atom is 0.115 e. The fourth-order valence-corrected chi connectivity index (χ4v) is 5.99. The first-order valence-electron chi connectivity index (χ1n) is 12.1. The second kappa shape index (κ2) is 9.80. The Morgan fingerprint density at radius 1 is 0.897 bits per heavy atom. The van der Waals surface area contributed by atoms with Gasteiger partial charge in [0.15, 0.2) is 0 Å². The van der Waals surface area contributed by atoms with Crippen molar-refractivity contribution >= 4 is 0 Å². The number of rotatable bonds is 6. The van der Waals surface area contributed by atoms with Crippen LogP contribution in [0.25, 0.3) is 0 Å². The van der Waals surface area contributed by atoms with Gasteiger partial charge in [0.1, 0.15) is 5.75 Å². The number of aromatic hydroxyl groups is 1. The van der Waals surface area contributed by atoms with Crippen LogP contribution in [-0.4, -0.2) is 64.9 Å². The Morgan fingerprint density at radius 2 is 1.55 bits per heavy atom. The van der Waals surface area contributed by atoms with Crippen molar-refractivity contribution in [1.82, 2.24) is 9.80 Å². The number of nitrogens with zero attached hydrogens (tertiary/aromatic N) is 2. The molecule has 2 N–H and O–H groups in total. The molecule has 4 rings (SSSR count). The van der Waals surface area contributed by atoms with Crippen LogP contribution in [0.5, 0.6) is 5.75 Å². The van der Waals surface area contributed by atoms with Crippen LogP contribution in [0.1, 0.15) is 75.7 Å². The quantitative estimate of drug-likeness (QED) is 0.744. The largest absolute Gasteiger partial charge is 0.508 e. The summed E-state index contributed by atoms with van der Waals surface area (Å²) in [7, 11) is 0. The number of hydrogen-bond donors (Lipinski definition) is 2. The smallest absolute Gasteiger partial charge is 0.115 e. The predicted octanol–water partition coefficient (Wildman–Crippen LogP) is 4.37. The van der Waals surface area contributed by atoms with Crippen molar-refractivity contribution in [2.75, 3.05) is 39.3 Å². The molecule has 2 aliphatic carbocycles. The Balaban J connectivity index is 1.38. The van der Waals surface area contributed by atoms with E-state index >= 15 is 0 Å². The lowest BCUT2D eigenvalue weighted by molar-refractivity contribution is -0.0346. The average Bonchev–Trinajstić information content (AvgIpc) is 2.74. The van der Waals surface area contributed by atoms with E-state index in [1.54, 1.807) is 6.07 Å². The molecule has 0 spiro atoms. The molecular formula is C25H40N2O2. The summed E-state index contributed by atoms with van der Waals surface area (Å²) in [6.45, 7) is 6.69. The van der Waals surface area contributed by atoms with Crippen LogP contribution in [-0.2, 0) is 0 Å². The molecule has 1 unspecified atom stereocenters. The second-order valence-corrected chi connectivity index (χ2v) is 9.92. The molecule has 29 heavy (non-hydrogen) atoms. The van der Waals surface area contributed by atoms with E-state index in [1.165, 1.54) is 45.1 Å². The molecule has 1 heterocycles. The summed E-state index contributed by atoms with van der Waals surface area (Å²) in [5, 5.41) is 21.6. The molecule has 0 amide bonds. The number of phenols is 1. The highest BCUT2D eigenvalue weighted by Gasteiger charge is 2.40. The maximum absolute atomic E-state index is 11.6. The van der Waals surface area contributed by atoms with Crippen LogP contribution in [0.3, 0.4) is 0 Å². The van der Waals surface area contributed by atoms with Gasteiger partial charge >= 0.3 is 0 Å². The molecule has 0 radical (unpaired) electrons. The van der Waals surface area contributed by atoms with Crippen molar-refractivity contribution in [3.8, 4) is 5.75 Å². The zero-order valence-corrected chi connectivity index (χ0v) is 18.1. The summed E-state index contributed by atoms with van der Waals surface area (Å²) in [6, 6.07) is 7.62. The van der Waals surface area contributed by atoms with Crippen LogP contribution in [0.15, 0.2) is 24.3 Å². The highest BCUT2D eigenvalue weighted by molar-refractivity contribution is 5.32. The van der Waals surface area contributed by atoms with E-state index < -0.39 is 5.60 Å². The molecule has 1 aromatic rings. The Bertz CT molecular complexity index is 629. The average molecular weight is 401 g/mol. The summed E-state index contributed by atoms with van der Waals surface area (Å²) in [5.74, 6) is 1.31. The topological polar surface area (TPSA) is 46.9 Å². The van der Waals surface area contributed by atoms with E-state index in [1.807, 2.05) is 12.1 Å². The Hall–Kier alpha value is -1.10. The Kier molecular flexibility index (Phi) is 7.15. The first kappa shape index (κ1) is 21.1. The summed E-state index contributed by atoms with van der Waals surface area (Å²) in [5.41, 5.74) is 0.463. The van der Waals surface area contributed by atoms with Crippen molar-refractivity contribution in [2.24, 2.45) is 5.92 Å².